The molecule has 1 N–H and O–H groups in total. The molecule has 0 bridgehead atoms. The molecule has 0 atom stereocenters. The molecule has 1 amide bonds. The number of benzene rings is 2. The minimum absolute atomic E-state index is 0.187. The van der Waals surface area contributed by atoms with Crippen molar-refractivity contribution in [1.29, 1.82) is 0 Å². The lowest BCUT2D eigenvalue weighted by molar-refractivity contribution is 0.102. The summed E-state index contributed by atoms with van der Waals surface area (Å²) in [6, 6.07) is 15.0. The van der Waals surface area contributed by atoms with E-state index in [0.29, 0.717) is 28.0 Å². The van der Waals surface area contributed by atoms with E-state index in [1.807, 2.05) is 67.1 Å². The molecule has 164 valence electrons. The Morgan fingerprint density at radius 2 is 1.88 bits per heavy atom. The van der Waals surface area contributed by atoms with Crippen molar-refractivity contribution in [2.24, 2.45) is 0 Å². The molecule has 0 saturated carbocycles. The van der Waals surface area contributed by atoms with Crippen molar-refractivity contribution < 1.29 is 14.3 Å². The molecule has 0 aliphatic heterocycles. The van der Waals surface area contributed by atoms with Gasteiger partial charge in [-0.2, -0.15) is 9.78 Å². The molecular weight excluding hydrogens is 444 g/mol. The van der Waals surface area contributed by atoms with Crippen LogP contribution in [0.4, 0.5) is 5.82 Å². The molecule has 2 aromatic heterocycles. The topological polar surface area (TPSA) is 78.3 Å². The van der Waals surface area contributed by atoms with Crippen LogP contribution in [0, 0.1) is 6.92 Å². The fourth-order valence-electron chi connectivity index (χ4n) is 3.24. The molecule has 0 fully saturated rings. The normalized spacial score (nSPS) is 10.8. The summed E-state index contributed by atoms with van der Waals surface area (Å²) in [7, 11) is 3.21. The van der Waals surface area contributed by atoms with Crippen LogP contribution in [0.15, 0.2) is 58.8 Å². The number of aryl methyl sites for hydroxylation is 1. The summed E-state index contributed by atoms with van der Waals surface area (Å²) >= 11 is 2.97. The molecule has 9 heteroatoms. The summed E-state index contributed by atoms with van der Waals surface area (Å²) in [6.45, 7) is 1.88. The molecule has 4 aromatic rings. The maximum atomic E-state index is 12.9. The Bertz CT molecular complexity index is 1270. The van der Waals surface area contributed by atoms with Crippen LogP contribution in [0.2, 0.25) is 0 Å². The third-order valence-electron chi connectivity index (χ3n) is 4.78. The monoisotopic (exact) mass is 466 g/mol. The van der Waals surface area contributed by atoms with E-state index in [-0.39, 0.29) is 5.91 Å². The lowest BCUT2D eigenvalue weighted by Gasteiger charge is -2.09. The van der Waals surface area contributed by atoms with E-state index in [1.54, 1.807) is 18.9 Å². The van der Waals surface area contributed by atoms with Gasteiger partial charge in [0.1, 0.15) is 5.82 Å². The predicted octanol–water partition coefficient (Wildman–Crippen LogP) is 5.30. The average Bonchev–Trinajstić information content (AvgIpc) is 3.45. The van der Waals surface area contributed by atoms with Crippen molar-refractivity contribution >= 4 is 34.8 Å². The first-order chi connectivity index (χ1) is 15.5. The highest BCUT2D eigenvalue weighted by molar-refractivity contribution is 7.98. The quantitative estimate of drug-likeness (QED) is 0.373. The number of thioether (sulfide) groups is 1. The second-order valence-electron chi connectivity index (χ2n) is 6.82. The van der Waals surface area contributed by atoms with Gasteiger partial charge < -0.3 is 14.8 Å². The van der Waals surface area contributed by atoms with Gasteiger partial charge in [-0.15, -0.1) is 23.1 Å². The van der Waals surface area contributed by atoms with E-state index >= 15 is 0 Å². The number of carbonyl (C=O) groups excluding carboxylic acids is 1. The van der Waals surface area contributed by atoms with Crippen LogP contribution in [0.25, 0.3) is 16.4 Å². The summed E-state index contributed by atoms with van der Waals surface area (Å²) in [4.78, 5) is 18.6. The molecule has 0 saturated heterocycles. The summed E-state index contributed by atoms with van der Waals surface area (Å²) in [6.07, 6.45) is 1.95. The Kier molecular flexibility index (Phi) is 6.48. The standard InChI is InChI=1S/C23H22N4O3S2/c1-14-11-21(25-22(28)16-7-5-6-8-20(16)31-4)27(26-14)23-24-17(13-32-23)15-9-10-18(29-2)19(12-15)30-3/h5-13H,1-4H3,(H,25,28). The lowest BCUT2D eigenvalue weighted by atomic mass is 10.1. The van der Waals surface area contributed by atoms with Crippen molar-refractivity contribution in [2.75, 3.05) is 25.8 Å². The number of methoxy groups -OCH3 is 2. The maximum Gasteiger partial charge on any atom is 0.257 e. The minimum Gasteiger partial charge on any atom is -0.493 e. The number of thiazole rings is 1. The molecule has 0 aliphatic carbocycles. The summed E-state index contributed by atoms with van der Waals surface area (Å²) < 4.78 is 12.4. The highest BCUT2D eigenvalue weighted by atomic mass is 32.2. The Morgan fingerprint density at radius 1 is 1.09 bits per heavy atom. The van der Waals surface area contributed by atoms with Gasteiger partial charge in [-0.25, -0.2) is 4.98 Å². The van der Waals surface area contributed by atoms with Gasteiger partial charge in [-0.1, -0.05) is 12.1 Å². The SMILES string of the molecule is COc1ccc(-c2csc(-n3nc(C)cc3NC(=O)c3ccccc3SC)n2)cc1OC. The van der Waals surface area contributed by atoms with Gasteiger partial charge in [0.05, 0.1) is 31.2 Å². The van der Waals surface area contributed by atoms with E-state index in [0.717, 1.165) is 21.8 Å². The number of carbonyl (C=O) groups is 1. The zero-order chi connectivity index (χ0) is 22.7. The van der Waals surface area contributed by atoms with Crippen molar-refractivity contribution in [3.8, 4) is 27.9 Å². The number of hydrogen-bond donors (Lipinski definition) is 1. The Labute approximate surface area is 194 Å². The highest BCUT2D eigenvalue weighted by Crippen LogP contribution is 2.33. The van der Waals surface area contributed by atoms with Gasteiger partial charge in [0.2, 0.25) is 5.13 Å². The largest absolute Gasteiger partial charge is 0.493 e. The number of hydrogen-bond acceptors (Lipinski definition) is 7. The van der Waals surface area contributed by atoms with Gasteiger partial charge in [0.15, 0.2) is 11.5 Å². The number of nitrogens with zero attached hydrogens (tertiary/aromatic N) is 3. The van der Waals surface area contributed by atoms with E-state index in [9.17, 15) is 4.79 Å². The number of nitrogens with one attached hydrogen (secondary N) is 1. The zero-order valence-electron chi connectivity index (χ0n) is 18.1. The number of anilines is 1. The van der Waals surface area contributed by atoms with Crippen LogP contribution in [-0.2, 0) is 0 Å². The van der Waals surface area contributed by atoms with E-state index in [4.69, 9.17) is 14.5 Å². The van der Waals surface area contributed by atoms with Crippen LogP contribution >= 0.6 is 23.1 Å². The number of ether oxygens (including phenoxy) is 2. The van der Waals surface area contributed by atoms with Crippen LogP contribution in [-0.4, -0.2) is 41.1 Å². The molecule has 0 aliphatic rings. The van der Waals surface area contributed by atoms with Crippen LogP contribution < -0.4 is 14.8 Å². The number of aromatic nitrogens is 3. The number of rotatable bonds is 7. The van der Waals surface area contributed by atoms with Crippen LogP contribution in [0.3, 0.4) is 0 Å². The first-order valence-corrected chi connectivity index (χ1v) is 11.8. The van der Waals surface area contributed by atoms with Gasteiger partial charge in [0, 0.05) is 21.9 Å². The zero-order valence-corrected chi connectivity index (χ0v) is 19.7. The Morgan fingerprint density at radius 3 is 2.62 bits per heavy atom. The maximum absolute atomic E-state index is 12.9. The first-order valence-electron chi connectivity index (χ1n) is 9.73. The minimum atomic E-state index is -0.187. The number of amides is 1. The van der Waals surface area contributed by atoms with E-state index < -0.39 is 0 Å². The molecule has 2 heterocycles. The molecule has 2 aromatic carbocycles. The highest BCUT2D eigenvalue weighted by Gasteiger charge is 2.17. The summed E-state index contributed by atoms with van der Waals surface area (Å²) in [5.41, 5.74) is 3.08. The van der Waals surface area contributed by atoms with Crippen molar-refractivity contribution in [2.45, 2.75) is 11.8 Å². The van der Waals surface area contributed by atoms with Gasteiger partial charge >= 0.3 is 0 Å². The van der Waals surface area contributed by atoms with Crippen molar-refractivity contribution in [3.63, 3.8) is 0 Å². The molecular formula is C23H22N4O3S2. The molecule has 7 nitrogen and oxygen atoms in total. The predicted molar refractivity (Wildman–Crippen MR) is 129 cm³/mol. The van der Waals surface area contributed by atoms with Crippen molar-refractivity contribution in [1.82, 2.24) is 14.8 Å². The third-order valence-corrected chi connectivity index (χ3v) is 6.39. The van der Waals surface area contributed by atoms with Gasteiger partial charge in [-0.3, -0.25) is 4.79 Å². The van der Waals surface area contributed by atoms with Gasteiger partial charge in [0.25, 0.3) is 5.91 Å². The van der Waals surface area contributed by atoms with E-state index in [2.05, 4.69) is 10.4 Å². The second-order valence-corrected chi connectivity index (χ2v) is 8.51. The second kappa shape index (κ2) is 9.46. The Hall–Kier alpha value is -3.30. The van der Waals surface area contributed by atoms with Crippen LogP contribution in [0.1, 0.15) is 16.1 Å². The Balaban J connectivity index is 1.64. The lowest BCUT2D eigenvalue weighted by Crippen LogP contribution is -2.15. The third kappa shape index (κ3) is 4.35. The summed E-state index contributed by atoms with van der Waals surface area (Å²) in [5.74, 6) is 1.67. The molecule has 0 unspecified atom stereocenters. The molecule has 4 rings (SSSR count). The smallest absolute Gasteiger partial charge is 0.257 e. The van der Waals surface area contributed by atoms with Crippen LogP contribution in [0.5, 0.6) is 11.5 Å². The fraction of sp³-hybridized carbons (Fsp3) is 0.174. The molecule has 0 spiro atoms. The van der Waals surface area contributed by atoms with Crippen molar-refractivity contribution in [3.05, 3.63) is 65.2 Å². The van der Waals surface area contributed by atoms with E-state index in [1.165, 1.54) is 23.1 Å². The average molecular weight is 467 g/mol. The summed E-state index contributed by atoms with van der Waals surface area (Å²) in [5, 5.41) is 10.1. The molecule has 32 heavy (non-hydrogen) atoms. The molecule has 0 radical (unpaired) electrons. The fourth-order valence-corrected chi connectivity index (χ4v) is 4.63. The van der Waals surface area contributed by atoms with Gasteiger partial charge in [-0.05, 0) is 43.5 Å². The first kappa shape index (κ1) is 21.9.